The lowest BCUT2D eigenvalue weighted by Crippen LogP contribution is -2.00. The fourth-order valence-corrected chi connectivity index (χ4v) is 3.18. The summed E-state index contributed by atoms with van der Waals surface area (Å²) in [7, 11) is 0. The van der Waals surface area contributed by atoms with Gasteiger partial charge in [-0.2, -0.15) is 4.68 Å². The number of tetrazole rings is 1. The SMILES string of the molecule is C[C@@H](Sc1nnnn1-c1cccc(F)c1)c1nnc(-c2ccc(F)cc2)o1. The lowest BCUT2D eigenvalue weighted by atomic mass is 10.2. The van der Waals surface area contributed by atoms with E-state index < -0.39 is 0 Å². The Morgan fingerprint density at radius 2 is 1.81 bits per heavy atom. The van der Waals surface area contributed by atoms with E-state index in [1.807, 2.05) is 6.92 Å². The van der Waals surface area contributed by atoms with Gasteiger partial charge in [0.2, 0.25) is 16.9 Å². The molecule has 0 aliphatic rings. The molecule has 0 fully saturated rings. The number of aromatic nitrogens is 6. The van der Waals surface area contributed by atoms with Crippen molar-refractivity contribution >= 4 is 11.8 Å². The minimum atomic E-state index is -0.382. The molecule has 0 radical (unpaired) electrons. The molecule has 2 aromatic carbocycles. The van der Waals surface area contributed by atoms with Crippen molar-refractivity contribution in [1.82, 2.24) is 30.4 Å². The highest BCUT2D eigenvalue weighted by Crippen LogP contribution is 2.34. The number of hydrogen-bond donors (Lipinski definition) is 0. The number of rotatable bonds is 5. The molecule has 1 atom stereocenters. The van der Waals surface area contributed by atoms with Gasteiger partial charge in [0.1, 0.15) is 11.6 Å². The maximum atomic E-state index is 13.5. The quantitative estimate of drug-likeness (QED) is 0.482. The summed E-state index contributed by atoms with van der Waals surface area (Å²) in [4.78, 5) is 0. The Hall–Kier alpha value is -3.14. The highest BCUT2D eigenvalue weighted by atomic mass is 32.2. The molecule has 0 unspecified atom stereocenters. The summed E-state index contributed by atoms with van der Waals surface area (Å²) in [6.07, 6.45) is 0. The Labute approximate surface area is 156 Å². The molecule has 7 nitrogen and oxygen atoms in total. The Morgan fingerprint density at radius 1 is 1.00 bits per heavy atom. The van der Waals surface area contributed by atoms with E-state index in [4.69, 9.17) is 4.42 Å². The highest BCUT2D eigenvalue weighted by molar-refractivity contribution is 7.99. The van der Waals surface area contributed by atoms with Crippen LogP contribution in [-0.2, 0) is 0 Å². The van der Waals surface area contributed by atoms with Crippen molar-refractivity contribution in [3.8, 4) is 17.1 Å². The van der Waals surface area contributed by atoms with Gasteiger partial charge in [0.25, 0.3) is 0 Å². The van der Waals surface area contributed by atoms with Crippen molar-refractivity contribution in [1.29, 1.82) is 0 Å². The van der Waals surface area contributed by atoms with E-state index in [0.717, 1.165) is 0 Å². The lowest BCUT2D eigenvalue weighted by molar-refractivity contribution is 0.508. The second-order valence-electron chi connectivity index (χ2n) is 5.57. The Bertz CT molecular complexity index is 1070. The van der Waals surface area contributed by atoms with Crippen LogP contribution >= 0.6 is 11.8 Å². The van der Waals surface area contributed by atoms with Crippen LogP contribution in [0.3, 0.4) is 0 Å². The van der Waals surface area contributed by atoms with Gasteiger partial charge in [-0.25, -0.2) is 8.78 Å². The molecule has 2 aromatic heterocycles. The number of halogens is 2. The second-order valence-corrected chi connectivity index (χ2v) is 6.87. The van der Waals surface area contributed by atoms with Crippen molar-refractivity contribution in [2.24, 2.45) is 0 Å². The van der Waals surface area contributed by atoms with E-state index in [9.17, 15) is 8.78 Å². The third kappa shape index (κ3) is 3.70. The summed E-state index contributed by atoms with van der Waals surface area (Å²) in [5.74, 6) is -0.0604. The predicted molar refractivity (Wildman–Crippen MR) is 93.1 cm³/mol. The first kappa shape index (κ1) is 17.3. The summed E-state index contributed by atoms with van der Waals surface area (Å²) in [5.41, 5.74) is 1.13. The molecule has 10 heteroatoms. The van der Waals surface area contributed by atoms with E-state index in [1.165, 1.54) is 40.7 Å². The molecule has 0 N–H and O–H groups in total. The standard InChI is InChI=1S/C17H12F2N6OS/c1-10(15-20-21-16(26-15)11-5-7-12(18)8-6-11)27-17-22-23-24-25(17)14-4-2-3-13(19)9-14/h2-10H,1H3/t10-/m1/s1. The van der Waals surface area contributed by atoms with Crippen LogP contribution in [0.2, 0.25) is 0 Å². The van der Waals surface area contributed by atoms with Crippen LogP contribution in [-0.4, -0.2) is 30.4 Å². The minimum absolute atomic E-state index is 0.259. The van der Waals surface area contributed by atoms with Crippen LogP contribution < -0.4 is 0 Å². The third-order valence-corrected chi connectivity index (χ3v) is 4.68. The van der Waals surface area contributed by atoms with Crippen LogP contribution in [0.25, 0.3) is 17.1 Å². The molecule has 0 amide bonds. The van der Waals surface area contributed by atoms with Gasteiger partial charge in [0.05, 0.1) is 10.9 Å². The van der Waals surface area contributed by atoms with E-state index in [0.29, 0.717) is 28.2 Å². The molecule has 4 aromatic rings. The molecule has 136 valence electrons. The van der Waals surface area contributed by atoms with Gasteiger partial charge in [0.15, 0.2) is 0 Å². The van der Waals surface area contributed by atoms with E-state index in [1.54, 1.807) is 24.3 Å². The zero-order chi connectivity index (χ0) is 18.8. The summed E-state index contributed by atoms with van der Waals surface area (Å²) in [5, 5.41) is 19.8. The van der Waals surface area contributed by atoms with Gasteiger partial charge in [-0.15, -0.1) is 15.3 Å². The smallest absolute Gasteiger partial charge is 0.247 e. The fourth-order valence-electron chi connectivity index (χ4n) is 2.34. The summed E-state index contributed by atoms with van der Waals surface area (Å²) in [6, 6.07) is 11.7. The van der Waals surface area contributed by atoms with Gasteiger partial charge < -0.3 is 4.42 Å². The molecule has 0 saturated carbocycles. The monoisotopic (exact) mass is 386 g/mol. The number of thioether (sulfide) groups is 1. The Morgan fingerprint density at radius 3 is 2.59 bits per heavy atom. The molecule has 4 rings (SSSR count). The van der Waals surface area contributed by atoms with Gasteiger partial charge in [-0.3, -0.25) is 0 Å². The largest absolute Gasteiger partial charge is 0.419 e. The van der Waals surface area contributed by atoms with Crippen molar-refractivity contribution < 1.29 is 13.2 Å². The first-order valence-corrected chi connectivity index (χ1v) is 8.78. The normalized spacial score (nSPS) is 12.3. The van der Waals surface area contributed by atoms with Crippen molar-refractivity contribution in [3.63, 3.8) is 0 Å². The second kappa shape index (κ2) is 7.23. The molecular weight excluding hydrogens is 374 g/mol. The Balaban J connectivity index is 1.55. The van der Waals surface area contributed by atoms with Crippen LogP contribution in [0, 0.1) is 11.6 Å². The molecule has 0 saturated heterocycles. The van der Waals surface area contributed by atoms with Crippen LogP contribution in [0.15, 0.2) is 58.1 Å². The highest BCUT2D eigenvalue weighted by Gasteiger charge is 2.20. The number of benzene rings is 2. The number of nitrogens with zero attached hydrogens (tertiary/aromatic N) is 6. The lowest BCUT2D eigenvalue weighted by Gasteiger charge is -2.07. The Kier molecular flexibility index (Phi) is 4.63. The van der Waals surface area contributed by atoms with Crippen molar-refractivity contribution in [2.45, 2.75) is 17.3 Å². The summed E-state index contributed by atoms with van der Waals surface area (Å²) >= 11 is 1.29. The first-order chi connectivity index (χ1) is 13.1. The van der Waals surface area contributed by atoms with Gasteiger partial charge in [-0.1, -0.05) is 17.8 Å². The molecular formula is C17H12F2N6OS. The van der Waals surface area contributed by atoms with Crippen molar-refractivity contribution in [2.75, 3.05) is 0 Å². The van der Waals surface area contributed by atoms with Crippen LogP contribution in [0.5, 0.6) is 0 Å². The van der Waals surface area contributed by atoms with Gasteiger partial charge in [-0.05, 0) is 59.8 Å². The predicted octanol–water partition coefficient (Wildman–Crippen LogP) is 3.84. The van der Waals surface area contributed by atoms with E-state index >= 15 is 0 Å². The van der Waals surface area contributed by atoms with Crippen LogP contribution in [0.1, 0.15) is 18.1 Å². The molecule has 2 heterocycles. The topological polar surface area (TPSA) is 82.5 Å². The average molecular weight is 386 g/mol. The zero-order valence-electron chi connectivity index (χ0n) is 14.0. The zero-order valence-corrected chi connectivity index (χ0v) is 14.8. The maximum Gasteiger partial charge on any atom is 0.247 e. The minimum Gasteiger partial charge on any atom is -0.419 e. The number of hydrogen-bond acceptors (Lipinski definition) is 7. The first-order valence-electron chi connectivity index (χ1n) is 7.90. The molecule has 0 aliphatic heterocycles. The molecule has 0 bridgehead atoms. The summed E-state index contributed by atoms with van der Waals surface area (Å²) in [6.45, 7) is 1.86. The van der Waals surface area contributed by atoms with E-state index in [2.05, 4.69) is 25.7 Å². The third-order valence-electron chi connectivity index (χ3n) is 3.66. The van der Waals surface area contributed by atoms with Gasteiger partial charge in [0, 0.05) is 5.56 Å². The van der Waals surface area contributed by atoms with Gasteiger partial charge >= 0.3 is 0 Å². The molecule has 0 spiro atoms. The maximum absolute atomic E-state index is 13.5. The van der Waals surface area contributed by atoms with Crippen LogP contribution in [0.4, 0.5) is 8.78 Å². The van der Waals surface area contributed by atoms with Crippen molar-refractivity contribution in [3.05, 3.63) is 66.1 Å². The fraction of sp³-hybridized carbons (Fsp3) is 0.118. The summed E-state index contributed by atoms with van der Waals surface area (Å²) < 4.78 is 33.6. The average Bonchev–Trinajstić information content (AvgIpc) is 3.32. The molecule has 27 heavy (non-hydrogen) atoms. The molecule has 0 aliphatic carbocycles. The van der Waals surface area contributed by atoms with E-state index in [-0.39, 0.29) is 16.9 Å².